The maximum absolute atomic E-state index is 11.7. The van der Waals surface area contributed by atoms with Gasteiger partial charge in [-0.05, 0) is 25.0 Å². The Morgan fingerprint density at radius 2 is 1.29 bits per heavy atom. The third-order valence-electron chi connectivity index (χ3n) is 4.71. The van der Waals surface area contributed by atoms with Crippen molar-refractivity contribution in [3.05, 3.63) is 75.8 Å². The molecule has 0 aromatic heterocycles. The van der Waals surface area contributed by atoms with E-state index in [1.807, 2.05) is 0 Å². The minimum absolute atomic E-state index is 0.170. The molecule has 1 aliphatic rings. The van der Waals surface area contributed by atoms with Gasteiger partial charge in [-0.2, -0.15) is 5.48 Å². The number of fused-ring (bicyclic) bond motifs is 3. The number of rotatable bonds is 9. The average molecular weight is 477 g/mol. The van der Waals surface area contributed by atoms with Crippen LogP contribution in [0, 0.1) is 40.5 Å². The average Bonchev–Trinajstić information content (AvgIpc) is 3.05. The Balaban J connectivity index is 2.23. The quantitative estimate of drug-likeness (QED) is 0.313. The molecule has 34 heavy (non-hydrogen) atoms. The Hall–Kier alpha value is -4.57. The highest BCUT2D eigenvalue weighted by molar-refractivity contribution is 5.92. The molecule has 178 valence electrons. The molecule has 0 saturated heterocycles. The van der Waals surface area contributed by atoms with Crippen molar-refractivity contribution in [2.75, 3.05) is 6.61 Å². The second-order valence-electron chi connectivity index (χ2n) is 7.26. The lowest BCUT2D eigenvalue weighted by Gasteiger charge is -2.15. The molecule has 2 aromatic carbocycles. The first-order chi connectivity index (χ1) is 15.9. The first kappa shape index (κ1) is 24.1. The summed E-state index contributed by atoms with van der Waals surface area (Å²) in [5, 5.41) is 46.1. The summed E-state index contributed by atoms with van der Waals surface area (Å²) in [6, 6.07) is 1.79. The van der Waals surface area contributed by atoms with E-state index < -0.39 is 67.2 Å². The molecule has 2 aromatic rings. The number of nitro groups is 4. The number of ether oxygens (including phenoxy) is 1. The van der Waals surface area contributed by atoms with Crippen LogP contribution >= 0.6 is 0 Å². The maximum Gasteiger partial charge on any atom is 0.334 e. The highest BCUT2D eigenvalue weighted by atomic mass is 16.7. The zero-order valence-corrected chi connectivity index (χ0v) is 17.5. The Morgan fingerprint density at radius 1 is 0.853 bits per heavy atom. The molecule has 3 rings (SSSR count). The Morgan fingerprint density at radius 3 is 1.65 bits per heavy atom. The summed E-state index contributed by atoms with van der Waals surface area (Å²) in [5.74, 6) is -0.795. The number of hydrogen-bond acceptors (Lipinski definition) is 12. The van der Waals surface area contributed by atoms with Gasteiger partial charge >= 0.3 is 5.97 Å². The normalized spacial score (nSPS) is 12.2. The van der Waals surface area contributed by atoms with Crippen molar-refractivity contribution in [2.24, 2.45) is 0 Å². The number of carbonyl (C=O) groups excluding carboxylic acids is 1. The van der Waals surface area contributed by atoms with Crippen molar-refractivity contribution in [2.45, 2.75) is 26.0 Å². The van der Waals surface area contributed by atoms with Gasteiger partial charge in [0.05, 0.1) is 55.1 Å². The van der Waals surface area contributed by atoms with Gasteiger partial charge < -0.3 is 4.74 Å². The number of nitro benzene ring substituents is 4. The minimum Gasteiger partial charge on any atom is -0.461 e. The van der Waals surface area contributed by atoms with Gasteiger partial charge in [0.25, 0.3) is 22.7 Å². The summed E-state index contributed by atoms with van der Waals surface area (Å²) in [6.45, 7) is 2.52. The Kier molecular flexibility index (Phi) is 6.46. The molecule has 1 aliphatic carbocycles. The Labute approximate surface area is 188 Å². The number of hydroxylamine groups is 1. The van der Waals surface area contributed by atoms with Crippen molar-refractivity contribution in [1.82, 2.24) is 5.48 Å². The van der Waals surface area contributed by atoms with Crippen LogP contribution in [0.25, 0.3) is 11.1 Å². The standard InChI is InChI=1S/C18H15N5O11/c1-8(2)34-15(24)7-33-19-18-11-3-9(20(25)26)5-13(22(29)30)16(11)17-12(18)4-10(21(27)28)6-14(17)23(31)32/h3-6,8,18-19H,7H2,1-2H3. The number of nitrogens with one attached hydrogen (secondary N) is 1. The number of non-ortho nitro benzene ring substituents is 2. The van der Waals surface area contributed by atoms with E-state index in [-0.39, 0.29) is 22.3 Å². The highest BCUT2D eigenvalue weighted by Gasteiger charge is 2.43. The topological polar surface area (TPSA) is 220 Å². The van der Waals surface area contributed by atoms with Gasteiger partial charge in [-0.25, -0.2) is 4.79 Å². The summed E-state index contributed by atoms with van der Waals surface area (Å²) < 4.78 is 4.89. The maximum atomic E-state index is 11.7. The van der Waals surface area contributed by atoms with Gasteiger partial charge in [-0.1, -0.05) is 0 Å². The predicted octanol–water partition coefficient (Wildman–Crippen LogP) is 2.86. The molecule has 0 bridgehead atoms. The van der Waals surface area contributed by atoms with Crippen LogP contribution in [0.15, 0.2) is 24.3 Å². The van der Waals surface area contributed by atoms with Gasteiger partial charge in [0.15, 0.2) is 6.61 Å². The first-order valence-corrected chi connectivity index (χ1v) is 9.43. The molecule has 16 nitrogen and oxygen atoms in total. The summed E-state index contributed by atoms with van der Waals surface area (Å²) in [7, 11) is 0. The SMILES string of the molecule is CC(C)OC(=O)CONC1c2cc([N+](=O)[O-])cc([N+](=O)[O-])c2-c2c1cc([N+](=O)[O-])cc2[N+](=O)[O-]. The van der Waals surface area contributed by atoms with Crippen LogP contribution in [0.1, 0.15) is 31.0 Å². The van der Waals surface area contributed by atoms with E-state index in [0.29, 0.717) is 12.1 Å². The molecular weight excluding hydrogens is 462 g/mol. The number of carbonyl (C=O) groups is 1. The third kappa shape index (κ3) is 4.48. The highest BCUT2D eigenvalue weighted by Crippen LogP contribution is 2.53. The summed E-state index contributed by atoms with van der Waals surface area (Å²) >= 11 is 0. The monoisotopic (exact) mass is 477 g/mol. The van der Waals surface area contributed by atoms with Crippen molar-refractivity contribution in [3.8, 4) is 11.1 Å². The van der Waals surface area contributed by atoms with Crippen molar-refractivity contribution < 1.29 is 34.1 Å². The molecule has 0 unspecified atom stereocenters. The van der Waals surface area contributed by atoms with Gasteiger partial charge in [-0.15, -0.1) is 0 Å². The molecule has 0 heterocycles. The molecule has 0 fully saturated rings. The molecule has 0 spiro atoms. The smallest absolute Gasteiger partial charge is 0.334 e. The second-order valence-corrected chi connectivity index (χ2v) is 7.26. The molecule has 0 radical (unpaired) electrons. The number of benzene rings is 2. The van der Waals surface area contributed by atoms with Gasteiger partial charge in [0.2, 0.25) is 0 Å². The van der Waals surface area contributed by atoms with Crippen LogP contribution in [0.3, 0.4) is 0 Å². The number of nitrogens with zero attached hydrogens (tertiary/aromatic N) is 4. The fourth-order valence-electron chi connectivity index (χ4n) is 3.54. The third-order valence-corrected chi connectivity index (χ3v) is 4.71. The van der Waals surface area contributed by atoms with Crippen LogP contribution < -0.4 is 5.48 Å². The molecule has 1 N–H and O–H groups in total. The zero-order chi connectivity index (χ0) is 25.3. The van der Waals surface area contributed by atoms with Crippen LogP contribution in [0.2, 0.25) is 0 Å². The summed E-state index contributed by atoms with van der Waals surface area (Å²) in [4.78, 5) is 59.3. The van der Waals surface area contributed by atoms with Crippen LogP contribution in [-0.2, 0) is 14.4 Å². The number of esters is 1. The van der Waals surface area contributed by atoms with Crippen molar-refractivity contribution in [3.63, 3.8) is 0 Å². The van der Waals surface area contributed by atoms with Crippen LogP contribution in [0.5, 0.6) is 0 Å². The van der Waals surface area contributed by atoms with Gasteiger partial charge in [-0.3, -0.25) is 45.3 Å². The van der Waals surface area contributed by atoms with E-state index in [2.05, 4.69) is 5.48 Å². The largest absolute Gasteiger partial charge is 0.461 e. The Bertz CT molecular complexity index is 1160. The lowest BCUT2D eigenvalue weighted by atomic mass is 10.0. The molecule has 0 saturated carbocycles. The van der Waals surface area contributed by atoms with Gasteiger partial charge in [0.1, 0.15) is 0 Å². The zero-order valence-electron chi connectivity index (χ0n) is 17.5. The molecule has 16 heteroatoms. The fourth-order valence-corrected chi connectivity index (χ4v) is 3.54. The van der Waals surface area contributed by atoms with E-state index >= 15 is 0 Å². The lowest BCUT2D eigenvalue weighted by Crippen LogP contribution is -2.26. The van der Waals surface area contributed by atoms with Gasteiger partial charge in [0, 0.05) is 12.1 Å². The van der Waals surface area contributed by atoms with Crippen LogP contribution in [0.4, 0.5) is 22.7 Å². The van der Waals surface area contributed by atoms with E-state index in [4.69, 9.17) is 9.57 Å². The second kappa shape index (κ2) is 9.12. The predicted molar refractivity (Wildman–Crippen MR) is 111 cm³/mol. The van der Waals surface area contributed by atoms with E-state index in [1.165, 1.54) is 0 Å². The van der Waals surface area contributed by atoms with E-state index in [0.717, 1.165) is 12.1 Å². The first-order valence-electron chi connectivity index (χ1n) is 9.43. The van der Waals surface area contributed by atoms with E-state index in [1.54, 1.807) is 13.8 Å². The molecule has 0 atom stereocenters. The van der Waals surface area contributed by atoms with Crippen LogP contribution in [-0.4, -0.2) is 38.4 Å². The van der Waals surface area contributed by atoms with E-state index in [9.17, 15) is 45.3 Å². The fraction of sp³-hybridized carbons (Fsp3) is 0.278. The molecule has 0 aliphatic heterocycles. The number of hydrogen-bond donors (Lipinski definition) is 1. The summed E-state index contributed by atoms with van der Waals surface area (Å²) in [5.41, 5.74) is -1.65. The van der Waals surface area contributed by atoms with Crippen molar-refractivity contribution >= 4 is 28.7 Å². The lowest BCUT2D eigenvalue weighted by molar-refractivity contribution is -0.395. The minimum atomic E-state index is -1.35. The van der Waals surface area contributed by atoms with Crippen molar-refractivity contribution in [1.29, 1.82) is 0 Å². The summed E-state index contributed by atoms with van der Waals surface area (Å²) in [6.07, 6.45) is -0.459. The molecule has 0 amide bonds. The molecular formula is C18H15N5O11.